The maximum absolute atomic E-state index is 9.96. The van der Waals surface area contributed by atoms with Gasteiger partial charge in [-0.25, -0.2) is 0 Å². The Morgan fingerprint density at radius 1 is 1.06 bits per heavy atom. The highest BCUT2D eigenvalue weighted by Crippen LogP contribution is 2.33. The van der Waals surface area contributed by atoms with Crippen molar-refractivity contribution < 1.29 is 9.84 Å². The molecule has 0 amide bonds. The first-order chi connectivity index (χ1) is 8.24. The van der Waals surface area contributed by atoms with Gasteiger partial charge in [0.05, 0.1) is 7.11 Å². The topological polar surface area (TPSA) is 29.5 Å². The molecule has 0 heterocycles. The molecule has 2 nitrogen and oxygen atoms in total. The van der Waals surface area contributed by atoms with Crippen molar-refractivity contribution in [1.82, 2.24) is 0 Å². The van der Waals surface area contributed by atoms with Crippen LogP contribution < -0.4 is 4.74 Å². The molecule has 0 spiro atoms. The summed E-state index contributed by atoms with van der Waals surface area (Å²) >= 11 is 1.61. The molecule has 0 saturated carbocycles. The first-order valence-corrected chi connectivity index (χ1v) is 6.48. The molecule has 0 aliphatic carbocycles. The Balaban J connectivity index is 2.38. The molecule has 0 unspecified atom stereocenters. The van der Waals surface area contributed by atoms with E-state index in [9.17, 15) is 5.11 Å². The van der Waals surface area contributed by atoms with Crippen LogP contribution in [0.3, 0.4) is 0 Å². The lowest BCUT2D eigenvalue weighted by atomic mass is 10.0. The Morgan fingerprint density at radius 2 is 1.76 bits per heavy atom. The largest absolute Gasteiger partial charge is 0.507 e. The van der Waals surface area contributed by atoms with E-state index < -0.39 is 0 Å². The van der Waals surface area contributed by atoms with Crippen LogP contribution in [0.2, 0.25) is 0 Å². The van der Waals surface area contributed by atoms with E-state index in [1.54, 1.807) is 24.9 Å². The predicted molar refractivity (Wildman–Crippen MR) is 71.9 cm³/mol. The number of rotatable bonds is 3. The summed E-state index contributed by atoms with van der Waals surface area (Å²) in [4.78, 5) is 1.06. The van der Waals surface area contributed by atoms with Crippen LogP contribution in [0.1, 0.15) is 0 Å². The average Bonchev–Trinajstić information content (AvgIpc) is 2.39. The minimum absolute atomic E-state index is 0.307. The van der Waals surface area contributed by atoms with Crippen molar-refractivity contribution in [2.24, 2.45) is 0 Å². The molecule has 2 rings (SSSR count). The van der Waals surface area contributed by atoms with Crippen LogP contribution in [0, 0.1) is 0 Å². The Kier molecular flexibility index (Phi) is 3.59. The molecular formula is C14H14O2S. The first-order valence-electron chi connectivity index (χ1n) is 5.26. The van der Waals surface area contributed by atoms with E-state index in [1.165, 1.54) is 0 Å². The van der Waals surface area contributed by atoms with Crippen LogP contribution in [-0.4, -0.2) is 18.5 Å². The summed E-state index contributed by atoms with van der Waals surface area (Å²) in [6.45, 7) is 0. The van der Waals surface area contributed by atoms with E-state index >= 15 is 0 Å². The number of hydrogen-bond donors (Lipinski definition) is 1. The molecule has 0 aliphatic heterocycles. The standard InChI is InChI=1S/C14H14O2S/c1-16-11-5-3-10(4-6-11)13-8-7-12(17-2)9-14(13)15/h3-9,15H,1-2H3. The van der Waals surface area contributed by atoms with Crippen molar-refractivity contribution in [1.29, 1.82) is 0 Å². The van der Waals surface area contributed by atoms with Gasteiger partial charge in [0.1, 0.15) is 11.5 Å². The fourth-order valence-electron chi connectivity index (χ4n) is 1.65. The predicted octanol–water partition coefficient (Wildman–Crippen LogP) is 3.79. The first kappa shape index (κ1) is 11.9. The average molecular weight is 246 g/mol. The van der Waals surface area contributed by atoms with Gasteiger partial charge in [0.2, 0.25) is 0 Å². The minimum atomic E-state index is 0.307. The zero-order valence-corrected chi connectivity index (χ0v) is 10.6. The van der Waals surface area contributed by atoms with Crippen LogP contribution in [-0.2, 0) is 0 Å². The SMILES string of the molecule is COc1ccc(-c2ccc(SC)cc2O)cc1. The third-order valence-corrected chi connectivity index (χ3v) is 3.33. The van der Waals surface area contributed by atoms with Crippen molar-refractivity contribution in [3.8, 4) is 22.6 Å². The lowest BCUT2D eigenvalue weighted by Gasteiger charge is -2.07. The second-order valence-electron chi connectivity index (χ2n) is 3.61. The van der Waals surface area contributed by atoms with Crippen LogP contribution in [0.4, 0.5) is 0 Å². The lowest BCUT2D eigenvalue weighted by molar-refractivity contribution is 0.415. The maximum atomic E-state index is 9.96. The molecule has 0 aromatic heterocycles. The van der Waals surface area contributed by atoms with Crippen LogP contribution in [0.25, 0.3) is 11.1 Å². The highest BCUT2D eigenvalue weighted by atomic mass is 32.2. The van der Waals surface area contributed by atoms with Gasteiger partial charge in [-0.1, -0.05) is 12.1 Å². The smallest absolute Gasteiger partial charge is 0.124 e. The number of thioether (sulfide) groups is 1. The summed E-state index contributed by atoms with van der Waals surface area (Å²) in [6.07, 6.45) is 1.99. The molecule has 0 fully saturated rings. The van der Waals surface area contributed by atoms with E-state index in [0.29, 0.717) is 5.75 Å². The molecule has 88 valence electrons. The van der Waals surface area contributed by atoms with Gasteiger partial charge in [-0.2, -0.15) is 0 Å². The summed E-state index contributed by atoms with van der Waals surface area (Å²) in [7, 11) is 1.64. The molecule has 3 heteroatoms. The molecule has 17 heavy (non-hydrogen) atoms. The van der Waals surface area contributed by atoms with Crippen LogP contribution in [0.15, 0.2) is 47.4 Å². The van der Waals surface area contributed by atoms with Crippen molar-refractivity contribution in [2.75, 3.05) is 13.4 Å². The Labute approximate surface area is 105 Å². The molecule has 1 N–H and O–H groups in total. The molecule has 0 atom stereocenters. The number of ether oxygens (including phenoxy) is 1. The summed E-state index contributed by atoms with van der Waals surface area (Å²) in [6, 6.07) is 13.4. The molecule has 0 aliphatic rings. The molecule has 0 bridgehead atoms. The van der Waals surface area contributed by atoms with Crippen molar-refractivity contribution in [3.05, 3.63) is 42.5 Å². The van der Waals surface area contributed by atoms with Crippen molar-refractivity contribution in [3.63, 3.8) is 0 Å². The zero-order valence-electron chi connectivity index (χ0n) is 9.81. The number of benzene rings is 2. The number of methoxy groups -OCH3 is 1. The minimum Gasteiger partial charge on any atom is -0.507 e. The van der Waals surface area contributed by atoms with Crippen LogP contribution in [0.5, 0.6) is 11.5 Å². The van der Waals surface area contributed by atoms with Gasteiger partial charge in [0, 0.05) is 10.5 Å². The normalized spacial score (nSPS) is 10.2. The van der Waals surface area contributed by atoms with Gasteiger partial charge in [0.15, 0.2) is 0 Å². The van der Waals surface area contributed by atoms with Gasteiger partial charge in [0.25, 0.3) is 0 Å². The van der Waals surface area contributed by atoms with Gasteiger partial charge < -0.3 is 9.84 Å². The molecule has 2 aromatic carbocycles. The Hall–Kier alpha value is -1.61. The third kappa shape index (κ3) is 2.56. The summed E-state index contributed by atoms with van der Waals surface area (Å²) < 4.78 is 5.11. The summed E-state index contributed by atoms with van der Waals surface area (Å²) in [5, 5.41) is 9.96. The number of hydrogen-bond acceptors (Lipinski definition) is 3. The van der Waals surface area contributed by atoms with Crippen molar-refractivity contribution >= 4 is 11.8 Å². The molecular weight excluding hydrogens is 232 g/mol. The van der Waals surface area contributed by atoms with E-state index in [-0.39, 0.29) is 0 Å². The number of phenols is 1. The zero-order chi connectivity index (χ0) is 12.3. The number of aromatic hydroxyl groups is 1. The third-order valence-electron chi connectivity index (χ3n) is 2.61. The molecule has 0 radical (unpaired) electrons. The second-order valence-corrected chi connectivity index (χ2v) is 4.49. The quantitative estimate of drug-likeness (QED) is 0.835. The fourth-order valence-corrected chi connectivity index (χ4v) is 2.09. The summed E-state index contributed by atoms with van der Waals surface area (Å²) in [5.74, 6) is 1.12. The van der Waals surface area contributed by atoms with E-state index in [4.69, 9.17) is 4.74 Å². The van der Waals surface area contributed by atoms with Gasteiger partial charge >= 0.3 is 0 Å². The number of phenolic OH excluding ortho intramolecular Hbond substituents is 1. The van der Waals surface area contributed by atoms with E-state index in [0.717, 1.165) is 21.8 Å². The summed E-state index contributed by atoms with van der Waals surface area (Å²) in [5.41, 5.74) is 1.82. The molecule has 0 saturated heterocycles. The fraction of sp³-hybridized carbons (Fsp3) is 0.143. The van der Waals surface area contributed by atoms with Gasteiger partial charge in [-0.3, -0.25) is 0 Å². The monoisotopic (exact) mass is 246 g/mol. The highest BCUT2D eigenvalue weighted by Gasteiger charge is 2.05. The van der Waals surface area contributed by atoms with Gasteiger partial charge in [-0.05, 0) is 42.2 Å². The van der Waals surface area contributed by atoms with Crippen molar-refractivity contribution in [2.45, 2.75) is 4.90 Å². The van der Waals surface area contributed by atoms with Crippen LogP contribution >= 0.6 is 11.8 Å². The Morgan fingerprint density at radius 3 is 2.29 bits per heavy atom. The van der Waals surface area contributed by atoms with E-state index in [1.807, 2.05) is 42.7 Å². The van der Waals surface area contributed by atoms with E-state index in [2.05, 4.69) is 0 Å². The Bertz CT molecular complexity index is 506. The highest BCUT2D eigenvalue weighted by molar-refractivity contribution is 7.98. The lowest BCUT2D eigenvalue weighted by Crippen LogP contribution is -1.83. The molecule has 2 aromatic rings. The second kappa shape index (κ2) is 5.15. The maximum Gasteiger partial charge on any atom is 0.124 e. The van der Waals surface area contributed by atoms with Gasteiger partial charge in [-0.15, -0.1) is 11.8 Å².